The molecular formula is C12H14Cl2F2N2O2S. The van der Waals surface area contributed by atoms with Crippen LogP contribution in [0.15, 0.2) is 17.0 Å². The lowest BCUT2D eigenvalue weighted by Crippen LogP contribution is -2.29. The Morgan fingerprint density at radius 3 is 2.48 bits per heavy atom. The summed E-state index contributed by atoms with van der Waals surface area (Å²) in [5.41, 5.74) is 0.561. The summed E-state index contributed by atoms with van der Waals surface area (Å²) in [5, 5.41) is 3.43. The highest BCUT2D eigenvalue weighted by Gasteiger charge is 2.23. The van der Waals surface area contributed by atoms with Crippen molar-refractivity contribution in [1.29, 1.82) is 0 Å². The molecule has 0 heterocycles. The highest BCUT2D eigenvalue weighted by atomic mass is 35.5. The summed E-state index contributed by atoms with van der Waals surface area (Å²) in [6.07, 6.45) is -0.625. The maximum atomic E-state index is 12.2. The van der Waals surface area contributed by atoms with Crippen molar-refractivity contribution in [2.24, 2.45) is 0 Å². The van der Waals surface area contributed by atoms with E-state index in [0.29, 0.717) is 23.2 Å². The van der Waals surface area contributed by atoms with Gasteiger partial charge in [0.1, 0.15) is 4.90 Å². The molecule has 0 bridgehead atoms. The molecule has 0 aliphatic heterocycles. The van der Waals surface area contributed by atoms with E-state index in [0.717, 1.165) is 12.8 Å². The van der Waals surface area contributed by atoms with E-state index >= 15 is 0 Å². The number of hydrogen-bond acceptors (Lipinski definition) is 3. The summed E-state index contributed by atoms with van der Waals surface area (Å²) in [5.74, 6) is 0. The van der Waals surface area contributed by atoms with Gasteiger partial charge in [-0.2, -0.15) is 0 Å². The third-order valence-electron chi connectivity index (χ3n) is 2.98. The molecule has 1 aliphatic carbocycles. The van der Waals surface area contributed by atoms with Crippen LogP contribution < -0.4 is 10.0 Å². The van der Waals surface area contributed by atoms with Crippen LogP contribution in [0.3, 0.4) is 0 Å². The molecule has 0 saturated heterocycles. The van der Waals surface area contributed by atoms with E-state index in [2.05, 4.69) is 5.32 Å². The fourth-order valence-electron chi connectivity index (χ4n) is 1.70. The Balaban J connectivity index is 2.22. The van der Waals surface area contributed by atoms with Gasteiger partial charge in [0.05, 0.1) is 11.6 Å². The third kappa shape index (κ3) is 4.75. The van der Waals surface area contributed by atoms with Gasteiger partial charge in [-0.15, -0.1) is 0 Å². The van der Waals surface area contributed by atoms with E-state index < -0.39 is 23.0 Å². The van der Waals surface area contributed by atoms with Gasteiger partial charge in [-0.05, 0) is 30.5 Å². The summed E-state index contributed by atoms with van der Waals surface area (Å²) in [6, 6.07) is 3.05. The average Bonchev–Trinajstić information content (AvgIpc) is 3.19. The molecule has 1 saturated carbocycles. The SMILES string of the molecule is O=S(=O)(NCC(F)F)c1cc(CNC2CC2)c(Cl)cc1Cl. The number of nitrogens with one attached hydrogen (secondary N) is 2. The van der Waals surface area contributed by atoms with Gasteiger partial charge in [-0.1, -0.05) is 23.2 Å². The zero-order valence-corrected chi connectivity index (χ0v) is 13.2. The summed E-state index contributed by atoms with van der Waals surface area (Å²) < 4.78 is 50.1. The molecule has 0 unspecified atom stereocenters. The molecule has 0 amide bonds. The van der Waals surface area contributed by atoms with Crippen molar-refractivity contribution in [3.63, 3.8) is 0 Å². The van der Waals surface area contributed by atoms with Gasteiger partial charge in [-0.3, -0.25) is 0 Å². The van der Waals surface area contributed by atoms with Crippen molar-refractivity contribution in [3.05, 3.63) is 27.7 Å². The van der Waals surface area contributed by atoms with Crippen LogP contribution in [-0.2, 0) is 16.6 Å². The van der Waals surface area contributed by atoms with Crippen LogP contribution in [0.2, 0.25) is 10.0 Å². The molecule has 2 N–H and O–H groups in total. The first-order chi connectivity index (χ1) is 9.79. The first-order valence-corrected chi connectivity index (χ1v) is 8.52. The topological polar surface area (TPSA) is 58.2 Å². The van der Waals surface area contributed by atoms with Crippen LogP contribution in [0.5, 0.6) is 0 Å². The van der Waals surface area contributed by atoms with Gasteiger partial charge in [0, 0.05) is 17.6 Å². The molecule has 118 valence electrons. The second-order valence-electron chi connectivity index (χ2n) is 4.77. The lowest BCUT2D eigenvalue weighted by molar-refractivity contribution is 0.153. The molecule has 0 spiro atoms. The monoisotopic (exact) mass is 358 g/mol. The molecule has 0 aromatic heterocycles. The van der Waals surface area contributed by atoms with Crippen molar-refractivity contribution in [2.45, 2.75) is 36.7 Å². The normalized spacial score (nSPS) is 15.7. The smallest absolute Gasteiger partial charge is 0.251 e. The average molecular weight is 359 g/mol. The quantitative estimate of drug-likeness (QED) is 0.787. The van der Waals surface area contributed by atoms with Crippen molar-refractivity contribution in [3.8, 4) is 0 Å². The summed E-state index contributed by atoms with van der Waals surface area (Å²) in [4.78, 5) is -0.248. The predicted molar refractivity (Wildman–Crippen MR) is 77.5 cm³/mol. The summed E-state index contributed by atoms with van der Waals surface area (Å²) >= 11 is 11.9. The van der Waals surface area contributed by atoms with E-state index in [1.807, 2.05) is 4.72 Å². The minimum absolute atomic E-state index is 0.100. The Hall–Kier alpha value is -0.470. The van der Waals surface area contributed by atoms with Gasteiger partial charge < -0.3 is 5.32 Å². The van der Waals surface area contributed by atoms with Gasteiger partial charge in [-0.25, -0.2) is 21.9 Å². The number of sulfonamides is 1. The fraction of sp³-hybridized carbons (Fsp3) is 0.500. The molecule has 0 atom stereocenters. The second-order valence-corrected chi connectivity index (χ2v) is 7.32. The van der Waals surface area contributed by atoms with Crippen LogP contribution in [0.25, 0.3) is 0 Å². The third-order valence-corrected chi connectivity index (χ3v) is 5.22. The molecule has 1 aromatic rings. The molecule has 1 aromatic carbocycles. The molecule has 4 nitrogen and oxygen atoms in total. The van der Waals surface area contributed by atoms with E-state index in [4.69, 9.17) is 23.2 Å². The van der Waals surface area contributed by atoms with Crippen molar-refractivity contribution < 1.29 is 17.2 Å². The zero-order chi connectivity index (χ0) is 15.6. The largest absolute Gasteiger partial charge is 0.310 e. The van der Waals surface area contributed by atoms with E-state index in [9.17, 15) is 17.2 Å². The van der Waals surface area contributed by atoms with E-state index in [1.54, 1.807) is 0 Å². The van der Waals surface area contributed by atoms with Gasteiger partial charge in [0.25, 0.3) is 6.43 Å². The number of rotatable bonds is 7. The zero-order valence-electron chi connectivity index (χ0n) is 10.9. The van der Waals surface area contributed by atoms with Crippen LogP contribution >= 0.6 is 23.2 Å². The molecule has 21 heavy (non-hydrogen) atoms. The number of halogens is 4. The summed E-state index contributed by atoms with van der Waals surface area (Å²) in [7, 11) is -4.10. The molecule has 2 rings (SSSR count). The number of benzene rings is 1. The summed E-state index contributed by atoms with van der Waals surface area (Å²) in [6.45, 7) is -0.561. The molecule has 1 fully saturated rings. The minimum atomic E-state index is -4.10. The van der Waals surface area contributed by atoms with Crippen molar-refractivity contribution in [1.82, 2.24) is 10.0 Å². The maximum absolute atomic E-state index is 12.2. The Morgan fingerprint density at radius 1 is 1.24 bits per heavy atom. The lowest BCUT2D eigenvalue weighted by Gasteiger charge is -2.12. The van der Waals surface area contributed by atoms with Gasteiger partial charge in [0.15, 0.2) is 0 Å². The fourth-order valence-corrected chi connectivity index (χ4v) is 3.57. The molecule has 9 heteroatoms. The lowest BCUT2D eigenvalue weighted by atomic mass is 10.2. The van der Waals surface area contributed by atoms with Gasteiger partial charge >= 0.3 is 0 Å². The number of alkyl halides is 2. The van der Waals surface area contributed by atoms with Crippen LogP contribution in [0.4, 0.5) is 8.78 Å². The van der Waals surface area contributed by atoms with Crippen LogP contribution in [0, 0.1) is 0 Å². The predicted octanol–water partition coefficient (Wildman–Crippen LogP) is 2.79. The second kappa shape index (κ2) is 6.75. The Kier molecular flexibility index (Phi) is 5.43. The highest BCUT2D eigenvalue weighted by molar-refractivity contribution is 7.89. The van der Waals surface area contributed by atoms with Gasteiger partial charge in [0.2, 0.25) is 10.0 Å². The Labute approximate surface area is 131 Å². The van der Waals surface area contributed by atoms with Crippen LogP contribution in [-0.4, -0.2) is 27.4 Å². The Bertz CT molecular complexity index is 622. The van der Waals surface area contributed by atoms with Crippen molar-refractivity contribution >= 4 is 33.2 Å². The standard InChI is InChI=1S/C12H14Cl2F2N2O2S/c13-9-4-10(14)11(21(19,20)18-6-12(15)16)3-7(9)5-17-8-1-2-8/h3-4,8,12,17-18H,1-2,5-6H2. The molecule has 1 aliphatic rings. The van der Waals surface area contributed by atoms with Crippen molar-refractivity contribution in [2.75, 3.05) is 6.54 Å². The maximum Gasteiger partial charge on any atom is 0.251 e. The first kappa shape index (κ1) is 16.9. The molecule has 0 radical (unpaired) electrons. The van der Waals surface area contributed by atoms with E-state index in [-0.39, 0.29) is 9.92 Å². The van der Waals surface area contributed by atoms with E-state index in [1.165, 1.54) is 12.1 Å². The number of hydrogen-bond donors (Lipinski definition) is 2. The minimum Gasteiger partial charge on any atom is -0.310 e. The molecular weight excluding hydrogens is 345 g/mol. The first-order valence-electron chi connectivity index (χ1n) is 6.28. The van der Waals surface area contributed by atoms with Crippen LogP contribution in [0.1, 0.15) is 18.4 Å². The highest BCUT2D eigenvalue weighted by Crippen LogP contribution is 2.29. The Morgan fingerprint density at radius 2 is 1.90 bits per heavy atom.